The molecule has 0 amide bonds. The van der Waals surface area contributed by atoms with Crippen molar-refractivity contribution in [2.24, 2.45) is 0 Å². The van der Waals surface area contributed by atoms with Gasteiger partial charge in [-0.3, -0.25) is 9.58 Å². The van der Waals surface area contributed by atoms with Gasteiger partial charge in [-0.25, -0.2) is 4.98 Å². The molecule has 0 radical (unpaired) electrons. The van der Waals surface area contributed by atoms with E-state index in [0.717, 1.165) is 42.7 Å². The number of aryl methyl sites for hydroxylation is 1. The number of hydrogen-bond acceptors (Lipinski definition) is 4. The lowest BCUT2D eigenvalue weighted by molar-refractivity contribution is -0.141. The Morgan fingerprint density at radius 2 is 2.23 bits per heavy atom. The lowest BCUT2D eigenvalue weighted by Gasteiger charge is -2.32. The molecule has 8 heteroatoms. The Kier molecular flexibility index (Phi) is 4.22. The van der Waals surface area contributed by atoms with Crippen LogP contribution >= 0.6 is 11.3 Å². The number of hydrogen-bond donors (Lipinski definition) is 0. The molecule has 1 aliphatic rings. The number of halogens is 3. The van der Waals surface area contributed by atoms with Crippen LogP contribution in [0.1, 0.15) is 35.3 Å². The molecule has 1 saturated heterocycles. The number of nitrogens with zero attached hydrogens (tertiary/aromatic N) is 4. The third-order valence-electron chi connectivity index (χ3n) is 3.81. The van der Waals surface area contributed by atoms with Gasteiger partial charge in [-0.15, -0.1) is 11.3 Å². The summed E-state index contributed by atoms with van der Waals surface area (Å²) in [4.78, 5) is 6.68. The first kappa shape index (κ1) is 15.5. The third kappa shape index (κ3) is 3.49. The minimum Gasteiger partial charge on any atom is -0.295 e. The van der Waals surface area contributed by atoms with Crippen molar-refractivity contribution in [3.05, 3.63) is 34.0 Å². The summed E-state index contributed by atoms with van der Waals surface area (Å²) in [6.07, 6.45) is -1.14. The van der Waals surface area contributed by atoms with Crippen molar-refractivity contribution in [1.82, 2.24) is 19.7 Å². The van der Waals surface area contributed by atoms with Crippen molar-refractivity contribution < 1.29 is 13.2 Å². The van der Waals surface area contributed by atoms with Gasteiger partial charge in [0, 0.05) is 24.7 Å². The van der Waals surface area contributed by atoms with Gasteiger partial charge < -0.3 is 0 Å². The van der Waals surface area contributed by atoms with E-state index in [1.807, 2.05) is 12.3 Å². The van der Waals surface area contributed by atoms with Crippen molar-refractivity contribution >= 4 is 11.3 Å². The maximum atomic E-state index is 12.6. The van der Waals surface area contributed by atoms with E-state index in [2.05, 4.69) is 15.0 Å². The van der Waals surface area contributed by atoms with Crippen LogP contribution in [0.4, 0.5) is 13.2 Å². The fourth-order valence-corrected chi connectivity index (χ4v) is 3.40. The Morgan fingerprint density at radius 3 is 2.86 bits per heavy atom. The molecule has 3 rings (SSSR count). The molecule has 120 valence electrons. The highest BCUT2D eigenvalue weighted by molar-refractivity contribution is 7.09. The zero-order valence-electron chi connectivity index (χ0n) is 12.2. The number of thiazole rings is 1. The smallest absolute Gasteiger partial charge is 0.295 e. The van der Waals surface area contributed by atoms with Gasteiger partial charge in [0.15, 0.2) is 5.69 Å². The molecule has 0 aromatic carbocycles. The van der Waals surface area contributed by atoms with Gasteiger partial charge in [-0.2, -0.15) is 18.3 Å². The van der Waals surface area contributed by atoms with Gasteiger partial charge in [0.05, 0.1) is 16.7 Å². The normalized spacial score (nSPS) is 20.5. The maximum Gasteiger partial charge on any atom is 0.435 e. The summed E-state index contributed by atoms with van der Waals surface area (Å²) < 4.78 is 39.4. The first-order chi connectivity index (χ1) is 10.4. The fourth-order valence-electron chi connectivity index (χ4n) is 2.79. The van der Waals surface area contributed by atoms with Crippen molar-refractivity contribution in [3.63, 3.8) is 0 Å². The van der Waals surface area contributed by atoms with Crippen LogP contribution in [-0.2, 0) is 12.7 Å². The summed E-state index contributed by atoms with van der Waals surface area (Å²) in [7, 11) is 0. The van der Waals surface area contributed by atoms with E-state index in [4.69, 9.17) is 0 Å². The molecular formula is C14H17F3N4S. The van der Waals surface area contributed by atoms with Crippen LogP contribution in [0.2, 0.25) is 0 Å². The number of aromatic nitrogens is 3. The molecule has 4 nitrogen and oxygen atoms in total. The van der Waals surface area contributed by atoms with E-state index >= 15 is 0 Å². The topological polar surface area (TPSA) is 34.0 Å². The molecule has 0 saturated carbocycles. The minimum absolute atomic E-state index is 0.00965. The fraction of sp³-hybridized carbons (Fsp3) is 0.571. The standard InChI is InChI=1S/C14H17F3N4S/c1-10-18-11(9-22-10)7-20-5-2-3-12(8-20)21-6-4-13(19-21)14(15,16)17/h4,6,9,12H,2-3,5,7-8H2,1H3. The second-order valence-electron chi connectivity index (χ2n) is 5.57. The van der Waals surface area contributed by atoms with E-state index in [0.29, 0.717) is 6.54 Å². The summed E-state index contributed by atoms with van der Waals surface area (Å²) in [5, 5.41) is 6.77. The quantitative estimate of drug-likeness (QED) is 0.864. The average Bonchev–Trinajstić information content (AvgIpc) is 3.08. The van der Waals surface area contributed by atoms with Crippen LogP contribution in [0.25, 0.3) is 0 Å². The zero-order valence-corrected chi connectivity index (χ0v) is 13.0. The zero-order chi connectivity index (χ0) is 15.7. The van der Waals surface area contributed by atoms with Crippen LogP contribution in [-0.4, -0.2) is 32.8 Å². The van der Waals surface area contributed by atoms with Gasteiger partial charge in [0.1, 0.15) is 0 Å². The molecule has 2 aromatic rings. The highest BCUT2D eigenvalue weighted by Crippen LogP contribution is 2.29. The lowest BCUT2D eigenvalue weighted by Crippen LogP contribution is -2.36. The summed E-state index contributed by atoms with van der Waals surface area (Å²) in [5.41, 5.74) is 0.208. The molecule has 1 fully saturated rings. The first-order valence-electron chi connectivity index (χ1n) is 7.17. The molecule has 0 N–H and O–H groups in total. The van der Waals surface area contributed by atoms with E-state index < -0.39 is 11.9 Å². The number of piperidine rings is 1. The first-order valence-corrected chi connectivity index (χ1v) is 8.05. The second kappa shape index (κ2) is 6.00. The van der Waals surface area contributed by atoms with Crippen LogP contribution in [0.15, 0.2) is 17.6 Å². The monoisotopic (exact) mass is 330 g/mol. The van der Waals surface area contributed by atoms with Gasteiger partial charge in [-0.05, 0) is 32.4 Å². The summed E-state index contributed by atoms with van der Waals surface area (Å²) in [6.45, 7) is 4.36. The molecule has 1 aliphatic heterocycles. The molecule has 0 aliphatic carbocycles. The van der Waals surface area contributed by atoms with E-state index in [9.17, 15) is 13.2 Å². The highest BCUT2D eigenvalue weighted by atomic mass is 32.1. The Balaban J connectivity index is 1.66. The molecule has 0 spiro atoms. The van der Waals surface area contributed by atoms with E-state index in [1.54, 1.807) is 11.3 Å². The Bertz CT molecular complexity index is 634. The van der Waals surface area contributed by atoms with Crippen molar-refractivity contribution in [1.29, 1.82) is 0 Å². The minimum atomic E-state index is -4.38. The van der Waals surface area contributed by atoms with Crippen molar-refractivity contribution in [2.45, 2.75) is 38.5 Å². The Labute approximate surface area is 130 Å². The van der Waals surface area contributed by atoms with E-state index in [-0.39, 0.29) is 6.04 Å². The van der Waals surface area contributed by atoms with Gasteiger partial charge in [0.2, 0.25) is 0 Å². The van der Waals surface area contributed by atoms with Crippen LogP contribution < -0.4 is 0 Å². The van der Waals surface area contributed by atoms with E-state index in [1.165, 1.54) is 10.9 Å². The highest BCUT2D eigenvalue weighted by Gasteiger charge is 2.34. The van der Waals surface area contributed by atoms with Gasteiger partial charge in [-0.1, -0.05) is 0 Å². The molecule has 22 heavy (non-hydrogen) atoms. The predicted octanol–water partition coefficient (Wildman–Crippen LogP) is 3.50. The lowest BCUT2D eigenvalue weighted by atomic mass is 10.1. The van der Waals surface area contributed by atoms with Crippen LogP contribution in [0.5, 0.6) is 0 Å². The molecular weight excluding hydrogens is 313 g/mol. The average molecular weight is 330 g/mol. The number of alkyl halides is 3. The summed E-state index contributed by atoms with van der Waals surface area (Å²) in [6, 6.07) is 1.03. The third-order valence-corrected chi connectivity index (χ3v) is 4.63. The number of rotatable bonds is 3. The summed E-state index contributed by atoms with van der Waals surface area (Å²) in [5.74, 6) is 0. The van der Waals surface area contributed by atoms with Gasteiger partial charge >= 0.3 is 6.18 Å². The van der Waals surface area contributed by atoms with Crippen molar-refractivity contribution in [2.75, 3.05) is 13.1 Å². The molecule has 2 aromatic heterocycles. The Hall–Kier alpha value is -1.41. The SMILES string of the molecule is Cc1nc(CN2CCCC(n3ccc(C(F)(F)F)n3)C2)cs1. The molecule has 1 unspecified atom stereocenters. The Morgan fingerprint density at radius 1 is 1.41 bits per heavy atom. The molecule has 1 atom stereocenters. The number of likely N-dealkylation sites (tertiary alicyclic amines) is 1. The predicted molar refractivity (Wildman–Crippen MR) is 77.6 cm³/mol. The molecule has 0 bridgehead atoms. The van der Waals surface area contributed by atoms with Crippen LogP contribution in [0, 0.1) is 6.92 Å². The summed E-state index contributed by atoms with van der Waals surface area (Å²) >= 11 is 1.62. The maximum absolute atomic E-state index is 12.6. The largest absolute Gasteiger partial charge is 0.435 e. The molecule has 3 heterocycles. The second-order valence-corrected chi connectivity index (χ2v) is 6.63. The van der Waals surface area contributed by atoms with Crippen molar-refractivity contribution in [3.8, 4) is 0 Å². The van der Waals surface area contributed by atoms with Gasteiger partial charge in [0.25, 0.3) is 0 Å². The van der Waals surface area contributed by atoms with Crippen LogP contribution in [0.3, 0.4) is 0 Å².